The number of carbonyl (C=O) groups is 1. The molecule has 102 valence electrons. The Bertz CT molecular complexity index is 742. The SMILES string of the molecule is O=C1NNc2c3c(nc4c(Br)ccc1c24)CCCCC3. The maximum atomic E-state index is 12.0. The summed E-state index contributed by atoms with van der Waals surface area (Å²) in [6.07, 6.45) is 5.67. The molecule has 0 spiro atoms. The fraction of sp³-hybridized carbons (Fsp3) is 0.333. The Morgan fingerprint density at radius 2 is 1.95 bits per heavy atom. The third-order valence-electron chi connectivity index (χ3n) is 4.16. The molecule has 2 aliphatic rings. The maximum absolute atomic E-state index is 12.0. The van der Waals surface area contributed by atoms with Crippen LogP contribution in [-0.4, -0.2) is 10.9 Å². The van der Waals surface area contributed by atoms with Crippen LogP contribution in [0.1, 0.15) is 40.9 Å². The van der Waals surface area contributed by atoms with Gasteiger partial charge in [0.15, 0.2) is 0 Å². The second-order valence-electron chi connectivity index (χ2n) is 5.37. The number of nitrogens with zero attached hydrogens (tertiary/aromatic N) is 1. The van der Waals surface area contributed by atoms with Crippen LogP contribution < -0.4 is 10.9 Å². The van der Waals surface area contributed by atoms with Gasteiger partial charge in [-0.15, -0.1) is 0 Å². The molecule has 5 heteroatoms. The summed E-state index contributed by atoms with van der Waals surface area (Å²) in [5, 5.41) is 0.948. The first-order valence-electron chi connectivity index (χ1n) is 6.96. The van der Waals surface area contributed by atoms with Crippen molar-refractivity contribution in [1.29, 1.82) is 0 Å². The lowest BCUT2D eigenvalue weighted by Gasteiger charge is -2.23. The summed E-state index contributed by atoms with van der Waals surface area (Å²) < 4.78 is 0.945. The van der Waals surface area contributed by atoms with E-state index in [9.17, 15) is 4.79 Å². The summed E-state index contributed by atoms with van der Waals surface area (Å²) in [5.41, 5.74) is 10.9. The summed E-state index contributed by atoms with van der Waals surface area (Å²) in [6.45, 7) is 0. The maximum Gasteiger partial charge on any atom is 0.270 e. The fourth-order valence-electron chi connectivity index (χ4n) is 3.19. The van der Waals surface area contributed by atoms with Gasteiger partial charge in [0.1, 0.15) is 0 Å². The molecule has 0 saturated carbocycles. The molecule has 1 amide bonds. The summed E-state index contributed by atoms with van der Waals surface area (Å²) in [6, 6.07) is 3.76. The van der Waals surface area contributed by atoms with Gasteiger partial charge in [-0.3, -0.25) is 20.6 Å². The van der Waals surface area contributed by atoms with E-state index in [2.05, 4.69) is 26.8 Å². The van der Waals surface area contributed by atoms with E-state index < -0.39 is 0 Å². The number of pyridine rings is 1. The molecule has 4 rings (SSSR count). The number of carbonyl (C=O) groups excluding carboxylic acids is 1. The van der Waals surface area contributed by atoms with E-state index in [0.29, 0.717) is 5.56 Å². The molecule has 1 aromatic carbocycles. The summed E-state index contributed by atoms with van der Waals surface area (Å²) in [7, 11) is 0. The van der Waals surface area contributed by atoms with Gasteiger partial charge in [0, 0.05) is 15.6 Å². The van der Waals surface area contributed by atoms with E-state index in [4.69, 9.17) is 4.98 Å². The predicted octanol–water partition coefficient (Wildman–Crippen LogP) is 3.34. The molecule has 1 aromatic heterocycles. The van der Waals surface area contributed by atoms with Crippen molar-refractivity contribution in [1.82, 2.24) is 10.4 Å². The first-order chi connectivity index (χ1) is 9.75. The standard InChI is InChI=1S/C15H14BrN3O/c16-10-7-6-9-12-13(18-19-15(9)20)8-4-2-1-3-5-11(8)17-14(10)12/h6-7,18H,1-5H2,(H,19,20). The number of anilines is 1. The Hall–Kier alpha value is -1.62. The van der Waals surface area contributed by atoms with Crippen molar-refractivity contribution in [2.75, 3.05) is 5.43 Å². The van der Waals surface area contributed by atoms with E-state index in [-0.39, 0.29) is 5.91 Å². The average molecular weight is 332 g/mol. The van der Waals surface area contributed by atoms with Gasteiger partial charge in [-0.2, -0.15) is 0 Å². The number of amides is 1. The minimum absolute atomic E-state index is 0.0922. The number of benzene rings is 1. The minimum atomic E-state index is -0.0922. The highest BCUT2D eigenvalue weighted by Crippen LogP contribution is 2.38. The van der Waals surface area contributed by atoms with E-state index in [1.807, 2.05) is 12.1 Å². The molecule has 0 bridgehead atoms. The number of hydrazine groups is 1. The smallest absolute Gasteiger partial charge is 0.270 e. The zero-order valence-corrected chi connectivity index (χ0v) is 12.5. The second-order valence-corrected chi connectivity index (χ2v) is 6.22. The molecular weight excluding hydrogens is 318 g/mol. The Balaban J connectivity index is 2.13. The molecule has 2 aromatic rings. The van der Waals surface area contributed by atoms with Crippen molar-refractivity contribution < 1.29 is 4.79 Å². The molecule has 0 fully saturated rings. The molecule has 0 saturated heterocycles. The topological polar surface area (TPSA) is 54.0 Å². The highest BCUT2D eigenvalue weighted by molar-refractivity contribution is 9.10. The Kier molecular flexibility index (Phi) is 2.70. The molecule has 1 aliphatic carbocycles. The molecule has 0 unspecified atom stereocenters. The Morgan fingerprint density at radius 1 is 1.10 bits per heavy atom. The van der Waals surface area contributed by atoms with E-state index >= 15 is 0 Å². The third kappa shape index (κ3) is 1.66. The zero-order valence-electron chi connectivity index (χ0n) is 10.9. The zero-order chi connectivity index (χ0) is 13.7. The van der Waals surface area contributed by atoms with Gasteiger partial charge in [0.25, 0.3) is 5.91 Å². The van der Waals surface area contributed by atoms with Crippen LogP contribution in [0.15, 0.2) is 16.6 Å². The van der Waals surface area contributed by atoms with Crippen LogP contribution in [-0.2, 0) is 12.8 Å². The Labute approximate surface area is 125 Å². The van der Waals surface area contributed by atoms with Crippen LogP contribution in [0.4, 0.5) is 5.69 Å². The highest BCUT2D eigenvalue weighted by Gasteiger charge is 2.25. The lowest BCUT2D eigenvalue weighted by atomic mass is 9.97. The quantitative estimate of drug-likeness (QED) is 0.728. The molecule has 0 radical (unpaired) electrons. The normalized spacial score (nSPS) is 17.1. The van der Waals surface area contributed by atoms with Gasteiger partial charge in [-0.25, -0.2) is 0 Å². The number of halogens is 1. The number of hydrogen-bond donors (Lipinski definition) is 2. The number of aromatic nitrogens is 1. The van der Waals surface area contributed by atoms with Crippen molar-refractivity contribution >= 4 is 38.4 Å². The number of rotatable bonds is 0. The first-order valence-corrected chi connectivity index (χ1v) is 7.75. The monoisotopic (exact) mass is 331 g/mol. The second kappa shape index (κ2) is 4.45. The van der Waals surface area contributed by atoms with E-state index in [1.54, 1.807) is 0 Å². The number of fused-ring (bicyclic) bond motifs is 2. The highest BCUT2D eigenvalue weighted by atomic mass is 79.9. The summed E-state index contributed by atoms with van der Waals surface area (Å²) >= 11 is 3.56. The van der Waals surface area contributed by atoms with Crippen LogP contribution in [0, 0.1) is 0 Å². The minimum Gasteiger partial charge on any atom is -0.297 e. The third-order valence-corrected chi connectivity index (χ3v) is 4.80. The van der Waals surface area contributed by atoms with Crippen molar-refractivity contribution in [2.45, 2.75) is 32.1 Å². The van der Waals surface area contributed by atoms with Crippen LogP contribution >= 0.6 is 15.9 Å². The van der Waals surface area contributed by atoms with Crippen LogP contribution in [0.3, 0.4) is 0 Å². The molecule has 2 N–H and O–H groups in total. The number of nitrogens with one attached hydrogen (secondary N) is 2. The van der Waals surface area contributed by atoms with Crippen LogP contribution in [0.5, 0.6) is 0 Å². The predicted molar refractivity (Wildman–Crippen MR) is 81.8 cm³/mol. The van der Waals surface area contributed by atoms with Crippen molar-refractivity contribution in [3.05, 3.63) is 33.4 Å². The van der Waals surface area contributed by atoms with Crippen molar-refractivity contribution in [3.8, 4) is 0 Å². The first kappa shape index (κ1) is 12.1. The molecule has 4 nitrogen and oxygen atoms in total. The number of aryl methyl sites for hydroxylation is 1. The lowest BCUT2D eigenvalue weighted by Crippen LogP contribution is -2.34. The summed E-state index contributed by atoms with van der Waals surface area (Å²) in [4.78, 5) is 16.8. The van der Waals surface area contributed by atoms with E-state index in [0.717, 1.165) is 33.9 Å². The van der Waals surface area contributed by atoms with Gasteiger partial charge >= 0.3 is 0 Å². The van der Waals surface area contributed by atoms with Crippen LogP contribution in [0.25, 0.3) is 10.9 Å². The van der Waals surface area contributed by atoms with Crippen LogP contribution in [0.2, 0.25) is 0 Å². The molecule has 2 heterocycles. The van der Waals surface area contributed by atoms with Gasteiger partial charge in [-0.1, -0.05) is 6.42 Å². The molecule has 0 atom stereocenters. The Morgan fingerprint density at radius 3 is 2.85 bits per heavy atom. The van der Waals surface area contributed by atoms with Crippen molar-refractivity contribution in [2.24, 2.45) is 0 Å². The summed E-state index contributed by atoms with van der Waals surface area (Å²) in [5.74, 6) is -0.0922. The molecule has 20 heavy (non-hydrogen) atoms. The lowest BCUT2D eigenvalue weighted by molar-refractivity contribution is 0.0962. The number of hydrogen-bond acceptors (Lipinski definition) is 3. The van der Waals surface area contributed by atoms with E-state index in [1.165, 1.54) is 30.5 Å². The van der Waals surface area contributed by atoms with Gasteiger partial charge < -0.3 is 0 Å². The fourth-order valence-corrected chi connectivity index (χ4v) is 3.61. The average Bonchev–Trinajstić information content (AvgIpc) is 2.69. The largest absolute Gasteiger partial charge is 0.297 e. The van der Waals surface area contributed by atoms with Gasteiger partial charge in [-0.05, 0) is 59.3 Å². The van der Waals surface area contributed by atoms with Crippen molar-refractivity contribution in [3.63, 3.8) is 0 Å². The molecular formula is C15H14BrN3O. The van der Waals surface area contributed by atoms with Gasteiger partial charge in [0.2, 0.25) is 0 Å². The molecule has 1 aliphatic heterocycles. The van der Waals surface area contributed by atoms with Gasteiger partial charge in [0.05, 0.1) is 16.8 Å².